The lowest BCUT2D eigenvalue weighted by Gasteiger charge is -2.21. The Bertz CT molecular complexity index is 906. The van der Waals surface area contributed by atoms with Crippen molar-refractivity contribution >= 4 is 23.1 Å². The highest BCUT2D eigenvalue weighted by molar-refractivity contribution is 6.02. The van der Waals surface area contributed by atoms with Gasteiger partial charge in [0.05, 0.1) is 12.4 Å². The smallest absolute Gasteiger partial charge is 0.275 e. The number of aromatic nitrogens is 2. The summed E-state index contributed by atoms with van der Waals surface area (Å²) in [5, 5.41) is 2.88. The van der Waals surface area contributed by atoms with E-state index in [-0.39, 0.29) is 11.6 Å². The van der Waals surface area contributed by atoms with Crippen LogP contribution < -0.4 is 15.1 Å². The summed E-state index contributed by atoms with van der Waals surface area (Å²) in [7, 11) is 1.95. The van der Waals surface area contributed by atoms with E-state index in [1.807, 2.05) is 54.4 Å². The topological polar surface area (TPSA) is 61.4 Å². The van der Waals surface area contributed by atoms with Crippen LogP contribution in [0.25, 0.3) is 0 Å². The second-order valence-electron chi connectivity index (χ2n) is 6.77. The molecule has 3 aromatic rings. The van der Waals surface area contributed by atoms with Crippen LogP contribution in [0.3, 0.4) is 0 Å². The van der Waals surface area contributed by atoms with E-state index in [1.165, 1.54) is 11.8 Å². The lowest BCUT2D eigenvalue weighted by molar-refractivity contribution is 0.102. The van der Waals surface area contributed by atoms with Crippen molar-refractivity contribution in [2.45, 2.75) is 20.4 Å². The molecule has 0 aliphatic rings. The van der Waals surface area contributed by atoms with E-state index in [1.54, 1.807) is 6.20 Å². The maximum absolute atomic E-state index is 12.5. The number of carbonyl (C=O) groups excluding carboxylic acids is 1. The lowest BCUT2D eigenvalue weighted by atomic mass is 10.2. The van der Waals surface area contributed by atoms with E-state index in [4.69, 9.17) is 0 Å². The first-order chi connectivity index (χ1) is 14.1. The molecule has 0 aliphatic carbocycles. The maximum atomic E-state index is 12.5. The molecule has 0 saturated heterocycles. The third-order valence-electron chi connectivity index (χ3n) is 4.78. The van der Waals surface area contributed by atoms with Gasteiger partial charge < -0.3 is 15.1 Å². The van der Waals surface area contributed by atoms with Gasteiger partial charge in [0.15, 0.2) is 0 Å². The first-order valence-electron chi connectivity index (χ1n) is 9.84. The Kier molecular flexibility index (Phi) is 6.79. The highest BCUT2D eigenvalue weighted by Gasteiger charge is 2.11. The normalized spacial score (nSPS) is 10.4. The molecule has 6 nitrogen and oxygen atoms in total. The van der Waals surface area contributed by atoms with Crippen LogP contribution in [0.4, 0.5) is 17.2 Å². The Balaban J connectivity index is 1.61. The van der Waals surface area contributed by atoms with Gasteiger partial charge in [-0.25, -0.2) is 9.97 Å². The number of hydrogen-bond donors (Lipinski definition) is 1. The minimum Gasteiger partial charge on any atom is -0.372 e. The number of benzene rings is 2. The van der Waals surface area contributed by atoms with Gasteiger partial charge >= 0.3 is 0 Å². The van der Waals surface area contributed by atoms with Crippen molar-refractivity contribution in [2.75, 3.05) is 35.3 Å². The van der Waals surface area contributed by atoms with Crippen molar-refractivity contribution in [3.8, 4) is 0 Å². The number of nitrogens with zero attached hydrogens (tertiary/aromatic N) is 4. The first kappa shape index (κ1) is 20.3. The van der Waals surface area contributed by atoms with E-state index in [0.717, 1.165) is 31.0 Å². The molecule has 0 saturated carbocycles. The molecule has 1 heterocycles. The van der Waals surface area contributed by atoms with E-state index in [0.29, 0.717) is 5.82 Å². The molecule has 29 heavy (non-hydrogen) atoms. The standard InChI is InChI=1S/C23H27N5O/c1-4-28(5-2)20-13-11-19(12-14-20)26-23(29)21-15-25-22(16-24-21)27(3)17-18-9-7-6-8-10-18/h6-16H,4-5,17H2,1-3H3,(H,26,29). The van der Waals surface area contributed by atoms with Crippen LogP contribution in [0, 0.1) is 0 Å². The Labute approximate surface area is 172 Å². The third-order valence-corrected chi connectivity index (χ3v) is 4.78. The Morgan fingerprint density at radius 1 is 0.931 bits per heavy atom. The minimum atomic E-state index is -0.273. The van der Waals surface area contributed by atoms with Crippen LogP contribution in [0.15, 0.2) is 67.0 Å². The minimum absolute atomic E-state index is 0.273. The molecule has 6 heteroatoms. The second-order valence-corrected chi connectivity index (χ2v) is 6.77. The molecule has 0 atom stereocenters. The van der Waals surface area contributed by atoms with Crippen molar-refractivity contribution in [1.29, 1.82) is 0 Å². The zero-order valence-electron chi connectivity index (χ0n) is 17.2. The quantitative estimate of drug-likeness (QED) is 0.625. The third kappa shape index (κ3) is 5.31. The summed E-state index contributed by atoms with van der Waals surface area (Å²) in [6.45, 7) is 6.86. The van der Waals surface area contributed by atoms with Gasteiger partial charge in [0.1, 0.15) is 11.5 Å². The van der Waals surface area contributed by atoms with E-state index in [9.17, 15) is 4.79 Å². The molecule has 1 N–H and O–H groups in total. The zero-order chi connectivity index (χ0) is 20.6. The lowest BCUT2D eigenvalue weighted by Crippen LogP contribution is -2.21. The van der Waals surface area contributed by atoms with Gasteiger partial charge in [-0.1, -0.05) is 30.3 Å². The summed E-state index contributed by atoms with van der Waals surface area (Å²) in [5.41, 5.74) is 3.35. The predicted octanol–water partition coefficient (Wildman–Crippen LogP) is 4.21. The van der Waals surface area contributed by atoms with Gasteiger partial charge in [0.25, 0.3) is 5.91 Å². The van der Waals surface area contributed by atoms with Crippen molar-refractivity contribution < 1.29 is 4.79 Å². The summed E-state index contributed by atoms with van der Waals surface area (Å²) >= 11 is 0. The fraction of sp³-hybridized carbons (Fsp3) is 0.261. The van der Waals surface area contributed by atoms with Crippen LogP contribution in [-0.4, -0.2) is 36.0 Å². The summed E-state index contributed by atoms with van der Waals surface area (Å²) in [6.07, 6.45) is 3.14. The van der Waals surface area contributed by atoms with E-state index in [2.05, 4.69) is 46.2 Å². The average molecular weight is 390 g/mol. The Morgan fingerprint density at radius 2 is 1.62 bits per heavy atom. The molecule has 3 rings (SSSR count). The van der Waals surface area contributed by atoms with Crippen LogP contribution >= 0.6 is 0 Å². The number of hydrogen-bond acceptors (Lipinski definition) is 5. The van der Waals surface area contributed by atoms with Gasteiger partial charge in [-0.15, -0.1) is 0 Å². The van der Waals surface area contributed by atoms with Gasteiger partial charge in [-0.3, -0.25) is 4.79 Å². The van der Waals surface area contributed by atoms with Crippen molar-refractivity contribution in [2.24, 2.45) is 0 Å². The van der Waals surface area contributed by atoms with Crippen molar-refractivity contribution in [1.82, 2.24) is 9.97 Å². The van der Waals surface area contributed by atoms with Gasteiger partial charge in [0, 0.05) is 38.1 Å². The van der Waals surface area contributed by atoms with E-state index < -0.39 is 0 Å². The van der Waals surface area contributed by atoms with Crippen LogP contribution in [0.1, 0.15) is 29.9 Å². The molecule has 0 bridgehead atoms. The summed E-state index contributed by atoms with van der Waals surface area (Å²) in [6, 6.07) is 18.0. The molecule has 150 valence electrons. The summed E-state index contributed by atoms with van der Waals surface area (Å²) in [4.78, 5) is 25.4. The van der Waals surface area contributed by atoms with Gasteiger partial charge in [-0.05, 0) is 43.7 Å². The second kappa shape index (κ2) is 9.68. The van der Waals surface area contributed by atoms with E-state index >= 15 is 0 Å². The maximum Gasteiger partial charge on any atom is 0.275 e. The van der Waals surface area contributed by atoms with Crippen molar-refractivity contribution in [3.05, 3.63) is 78.2 Å². The molecule has 0 aliphatic heterocycles. The number of anilines is 3. The SMILES string of the molecule is CCN(CC)c1ccc(NC(=O)c2cnc(N(C)Cc3ccccc3)cn2)cc1. The van der Waals surface area contributed by atoms with Crippen molar-refractivity contribution in [3.63, 3.8) is 0 Å². The van der Waals surface area contributed by atoms with Crippen LogP contribution in [0.2, 0.25) is 0 Å². The van der Waals surface area contributed by atoms with Gasteiger partial charge in [0.2, 0.25) is 0 Å². The molecule has 0 radical (unpaired) electrons. The van der Waals surface area contributed by atoms with Gasteiger partial charge in [-0.2, -0.15) is 0 Å². The highest BCUT2D eigenvalue weighted by Crippen LogP contribution is 2.18. The molecular weight excluding hydrogens is 362 g/mol. The fourth-order valence-corrected chi connectivity index (χ4v) is 3.11. The number of amides is 1. The molecule has 0 fully saturated rings. The molecule has 2 aromatic carbocycles. The molecule has 1 amide bonds. The summed E-state index contributed by atoms with van der Waals surface area (Å²) < 4.78 is 0. The number of carbonyl (C=O) groups is 1. The first-order valence-corrected chi connectivity index (χ1v) is 9.84. The van der Waals surface area contributed by atoms with Crippen LogP contribution in [-0.2, 0) is 6.54 Å². The fourth-order valence-electron chi connectivity index (χ4n) is 3.11. The average Bonchev–Trinajstić information content (AvgIpc) is 2.76. The summed E-state index contributed by atoms with van der Waals surface area (Å²) in [5.74, 6) is 0.444. The Hall–Kier alpha value is -3.41. The molecule has 1 aromatic heterocycles. The molecular formula is C23H27N5O. The molecule has 0 spiro atoms. The predicted molar refractivity (Wildman–Crippen MR) is 119 cm³/mol. The van der Waals surface area contributed by atoms with Crippen LogP contribution in [0.5, 0.6) is 0 Å². The monoisotopic (exact) mass is 389 g/mol. The zero-order valence-corrected chi connectivity index (χ0v) is 17.2. The largest absolute Gasteiger partial charge is 0.372 e. The number of nitrogens with one attached hydrogen (secondary N) is 1. The molecule has 0 unspecified atom stereocenters. The Morgan fingerprint density at radius 3 is 2.21 bits per heavy atom. The highest BCUT2D eigenvalue weighted by atomic mass is 16.1. The number of rotatable bonds is 8.